The summed E-state index contributed by atoms with van der Waals surface area (Å²) in [6.07, 6.45) is 3.15. The quantitative estimate of drug-likeness (QED) is 0.708. The van der Waals surface area contributed by atoms with Crippen LogP contribution in [0.15, 0.2) is 64.6 Å². The van der Waals surface area contributed by atoms with Gasteiger partial charge in [0.25, 0.3) is 0 Å². The van der Waals surface area contributed by atoms with Gasteiger partial charge in [0.1, 0.15) is 0 Å². The lowest BCUT2D eigenvalue weighted by atomic mass is 10.0. The summed E-state index contributed by atoms with van der Waals surface area (Å²) in [6, 6.07) is 11.1. The van der Waals surface area contributed by atoms with E-state index in [0.29, 0.717) is 11.3 Å². The van der Waals surface area contributed by atoms with Crippen LogP contribution in [0.5, 0.6) is 0 Å². The van der Waals surface area contributed by atoms with Crippen molar-refractivity contribution < 1.29 is 8.42 Å². The van der Waals surface area contributed by atoms with Crippen molar-refractivity contribution >= 4 is 21.5 Å². The molecule has 0 spiro atoms. The summed E-state index contributed by atoms with van der Waals surface area (Å²) in [6.45, 7) is 1.89. The van der Waals surface area contributed by atoms with Gasteiger partial charge in [-0.15, -0.1) is 0 Å². The Morgan fingerprint density at radius 3 is 2.08 bits per heavy atom. The lowest BCUT2D eigenvalue weighted by molar-refractivity contribution is 0.596. The molecule has 7 heteroatoms. The van der Waals surface area contributed by atoms with Crippen LogP contribution in [0.2, 0.25) is 0 Å². The number of nitrogens with zero attached hydrogens (tertiary/aromatic N) is 2. The minimum absolute atomic E-state index is 0.169. The average Bonchev–Trinajstić information content (AvgIpc) is 2.56. The second-order valence-electron chi connectivity index (χ2n) is 5.38. The second kappa shape index (κ2) is 5.93. The molecule has 24 heavy (non-hydrogen) atoms. The van der Waals surface area contributed by atoms with Gasteiger partial charge in [-0.1, -0.05) is 6.07 Å². The van der Waals surface area contributed by atoms with Crippen LogP contribution >= 0.6 is 0 Å². The topological polar surface area (TPSA) is 112 Å². The molecule has 0 aliphatic rings. The molecule has 1 aromatic heterocycles. The van der Waals surface area contributed by atoms with E-state index >= 15 is 0 Å². The number of hydrogen-bond acceptors (Lipinski definition) is 6. The maximum Gasteiger partial charge on any atom is 0.219 e. The van der Waals surface area contributed by atoms with Crippen molar-refractivity contribution in [2.24, 2.45) is 0 Å². The Morgan fingerprint density at radius 1 is 0.875 bits per heavy atom. The predicted octanol–water partition coefficient (Wildman–Crippen LogP) is 2.45. The van der Waals surface area contributed by atoms with Crippen LogP contribution in [-0.4, -0.2) is 18.4 Å². The first-order valence-electron chi connectivity index (χ1n) is 7.17. The minimum atomic E-state index is -3.63. The fraction of sp³-hybridized carbons (Fsp3) is 0.0588. The number of anilines is 2. The highest BCUT2D eigenvalue weighted by Gasteiger charge is 2.19. The average molecular weight is 340 g/mol. The van der Waals surface area contributed by atoms with Crippen molar-refractivity contribution in [1.82, 2.24) is 9.97 Å². The predicted molar refractivity (Wildman–Crippen MR) is 92.9 cm³/mol. The van der Waals surface area contributed by atoms with Gasteiger partial charge in [0.2, 0.25) is 15.8 Å². The molecule has 0 fully saturated rings. The van der Waals surface area contributed by atoms with Crippen LogP contribution in [0.25, 0.3) is 11.1 Å². The molecule has 0 aliphatic heterocycles. The van der Waals surface area contributed by atoms with Crippen LogP contribution in [-0.2, 0) is 9.84 Å². The van der Waals surface area contributed by atoms with E-state index in [1.54, 1.807) is 42.7 Å². The molecule has 4 N–H and O–H groups in total. The molecular formula is C17H16N4O2S. The van der Waals surface area contributed by atoms with Gasteiger partial charge in [-0.2, -0.15) is 0 Å². The highest BCUT2D eigenvalue weighted by molar-refractivity contribution is 7.91. The third-order valence-electron chi connectivity index (χ3n) is 3.69. The van der Waals surface area contributed by atoms with E-state index < -0.39 is 9.84 Å². The van der Waals surface area contributed by atoms with Crippen molar-refractivity contribution in [1.29, 1.82) is 0 Å². The maximum atomic E-state index is 12.8. The first kappa shape index (κ1) is 15.9. The van der Waals surface area contributed by atoms with Crippen LogP contribution in [0.4, 0.5) is 11.6 Å². The molecule has 6 nitrogen and oxygen atoms in total. The van der Waals surface area contributed by atoms with Gasteiger partial charge in [-0.05, 0) is 54.4 Å². The van der Waals surface area contributed by atoms with Gasteiger partial charge in [-0.3, -0.25) is 0 Å². The van der Waals surface area contributed by atoms with E-state index in [1.807, 2.05) is 6.92 Å². The fourth-order valence-electron chi connectivity index (χ4n) is 2.34. The minimum Gasteiger partial charge on any atom is -0.399 e. The van der Waals surface area contributed by atoms with E-state index in [4.69, 9.17) is 11.5 Å². The summed E-state index contributed by atoms with van der Waals surface area (Å²) in [5.74, 6) is 0.169. The normalized spacial score (nSPS) is 11.4. The number of hydrogen-bond donors (Lipinski definition) is 2. The summed E-state index contributed by atoms with van der Waals surface area (Å²) in [7, 11) is -3.63. The van der Waals surface area contributed by atoms with Gasteiger partial charge in [0.05, 0.1) is 9.79 Å². The Kier molecular flexibility index (Phi) is 3.94. The molecule has 0 saturated carbocycles. The van der Waals surface area contributed by atoms with Gasteiger partial charge in [0, 0.05) is 23.6 Å². The van der Waals surface area contributed by atoms with E-state index in [0.717, 1.165) is 11.1 Å². The van der Waals surface area contributed by atoms with Crippen LogP contribution < -0.4 is 11.5 Å². The zero-order valence-electron chi connectivity index (χ0n) is 13.0. The van der Waals surface area contributed by atoms with Crippen LogP contribution in [0, 0.1) is 6.92 Å². The fourth-order valence-corrected chi connectivity index (χ4v) is 3.63. The Bertz CT molecular complexity index is 982. The number of benzene rings is 2. The Labute approximate surface area is 140 Å². The molecule has 1 heterocycles. The van der Waals surface area contributed by atoms with Gasteiger partial charge in [-0.25, -0.2) is 18.4 Å². The molecule has 0 radical (unpaired) electrons. The molecule has 3 rings (SSSR count). The summed E-state index contributed by atoms with van der Waals surface area (Å²) in [5.41, 5.74) is 14.0. The highest BCUT2D eigenvalue weighted by atomic mass is 32.2. The molecule has 3 aromatic rings. The van der Waals surface area contributed by atoms with E-state index in [2.05, 4.69) is 9.97 Å². The zero-order valence-corrected chi connectivity index (χ0v) is 13.8. The number of rotatable bonds is 3. The molecular weight excluding hydrogens is 324 g/mol. The Balaban J connectivity index is 2.11. The molecule has 0 saturated heterocycles. The summed E-state index contributed by atoms with van der Waals surface area (Å²) >= 11 is 0. The Morgan fingerprint density at radius 2 is 1.46 bits per heavy atom. The Hall–Kier alpha value is -2.93. The third-order valence-corrected chi connectivity index (χ3v) is 5.46. The summed E-state index contributed by atoms with van der Waals surface area (Å²) in [5, 5.41) is 0. The standard InChI is InChI=1S/C17H16N4O2S/c1-11-2-5-15(8-16(11)12-9-20-17(19)21-10-12)24(22,23)14-6-3-13(18)4-7-14/h2-10H,18H2,1H3,(H2,19,20,21). The van der Waals surface area contributed by atoms with Gasteiger partial charge in [0.15, 0.2) is 0 Å². The number of sulfone groups is 1. The number of aryl methyl sites for hydroxylation is 1. The first-order valence-corrected chi connectivity index (χ1v) is 8.65. The highest BCUT2D eigenvalue weighted by Crippen LogP contribution is 2.29. The summed E-state index contributed by atoms with van der Waals surface area (Å²) in [4.78, 5) is 8.31. The van der Waals surface area contributed by atoms with E-state index in [-0.39, 0.29) is 15.7 Å². The lowest BCUT2D eigenvalue weighted by Gasteiger charge is -2.10. The summed E-state index contributed by atoms with van der Waals surface area (Å²) < 4.78 is 25.6. The molecule has 122 valence electrons. The van der Waals surface area contributed by atoms with Crippen molar-refractivity contribution in [3.8, 4) is 11.1 Å². The van der Waals surface area contributed by atoms with Crippen LogP contribution in [0.3, 0.4) is 0 Å². The SMILES string of the molecule is Cc1ccc(S(=O)(=O)c2ccc(N)cc2)cc1-c1cnc(N)nc1. The maximum absolute atomic E-state index is 12.8. The largest absolute Gasteiger partial charge is 0.399 e. The van der Waals surface area contributed by atoms with Gasteiger partial charge >= 0.3 is 0 Å². The monoisotopic (exact) mass is 340 g/mol. The van der Waals surface area contributed by atoms with Crippen molar-refractivity contribution in [2.45, 2.75) is 16.7 Å². The van der Waals surface area contributed by atoms with Crippen molar-refractivity contribution in [3.05, 3.63) is 60.4 Å². The zero-order chi connectivity index (χ0) is 17.3. The van der Waals surface area contributed by atoms with E-state index in [9.17, 15) is 8.42 Å². The second-order valence-corrected chi connectivity index (χ2v) is 7.33. The van der Waals surface area contributed by atoms with Crippen molar-refractivity contribution in [2.75, 3.05) is 11.5 Å². The smallest absolute Gasteiger partial charge is 0.219 e. The van der Waals surface area contributed by atoms with Crippen molar-refractivity contribution in [3.63, 3.8) is 0 Å². The van der Waals surface area contributed by atoms with Gasteiger partial charge < -0.3 is 11.5 Å². The number of nitrogens with two attached hydrogens (primary N) is 2. The van der Waals surface area contributed by atoms with Crippen LogP contribution in [0.1, 0.15) is 5.56 Å². The lowest BCUT2D eigenvalue weighted by Crippen LogP contribution is -2.03. The first-order chi connectivity index (χ1) is 11.4. The molecule has 0 atom stereocenters. The molecule has 0 aliphatic carbocycles. The molecule has 0 unspecified atom stereocenters. The number of aromatic nitrogens is 2. The molecule has 2 aromatic carbocycles. The van der Waals surface area contributed by atoms with E-state index in [1.165, 1.54) is 12.1 Å². The molecule has 0 bridgehead atoms. The third kappa shape index (κ3) is 2.93. The molecule has 0 amide bonds. The number of nitrogen functional groups attached to an aromatic ring is 2.